The molecule has 2 N–H and O–H groups in total. The summed E-state index contributed by atoms with van der Waals surface area (Å²) < 4.78 is 0. The molecule has 3 aliphatic rings. The number of amides is 2. The number of thiophene rings is 1. The van der Waals surface area contributed by atoms with Gasteiger partial charge in [0.15, 0.2) is 0 Å². The second-order valence-corrected chi connectivity index (χ2v) is 9.13. The Morgan fingerprint density at radius 2 is 1.59 bits per heavy atom. The Morgan fingerprint density at radius 1 is 0.862 bits per heavy atom. The standard InChI is InChI=1S/C22H26N4O2S/c27-21(17-13-16(17)20-7-4-12-29-20)25-8-10-26(11-9-25)22(28)19-14-18(23-24-19)15-5-2-1-3-6-15/h1-7,12,16-19,23-24H,8-11,13-14H2. The van der Waals surface area contributed by atoms with Crippen LogP contribution in [0.3, 0.4) is 0 Å². The first-order chi connectivity index (χ1) is 14.2. The van der Waals surface area contributed by atoms with Gasteiger partial charge in [0.2, 0.25) is 11.8 Å². The Balaban J connectivity index is 1.11. The van der Waals surface area contributed by atoms with E-state index in [0.717, 1.165) is 12.8 Å². The monoisotopic (exact) mass is 410 g/mol. The molecule has 1 aromatic carbocycles. The number of piperazine rings is 1. The van der Waals surface area contributed by atoms with Gasteiger partial charge in [0.05, 0.1) is 0 Å². The van der Waals surface area contributed by atoms with Crippen LogP contribution in [0, 0.1) is 5.92 Å². The van der Waals surface area contributed by atoms with Crippen molar-refractivity contribution in [3.63, 3.8) is 0 Å². The molecule has 5 rings (SSSR count). The molecule has 152 valence electrons. The summed E-state index contributed by atoms with van der Waals surface area (Å²) in [5, 5.41) is 2.08. The van der Waals surface area contributed by atoms with Gasteiger partial charge in [0.1, 0.15) is 6.04 Å². The van der Waals surface area contributed by atoms with Gasteiger partial charge in [-0.3, -0.25) is 9.59 Å². The minimum absolute atomic E-state index is 0.130. The smallest absolute Gasteiger partial charge is 0.241 e. The highest BCUT2D eigenvalue weighted by Crippen LogP contribution is 2.50. The van der Waals surface area contributed by atoms with Crippen molar-refractivity contribution in [2.75, 3.05) is 26.2 Å². The van der Waals surface area contributed by atoms with Crippen molar-refractivity contribution in [3.05, 3.63) is 58.3 Å². The molecule has 1 aliphatic carbocycles. The first kappa shape index (κ1) is 18.8. The Hall–Kier alpha value is -2.22. The van der Waals surface area contributed by atoms with Crippen LogP contribution in [0.5, 0.6) is 0 Å². The van der Waals surface area contributed by atoms with E-state index in [0.29, 0.717) is 32.1 Å². The molecule has 3 fully saturated rings. The van der Waals surface area contributed by atoms with Crippen LogP contribution in [0.4, 0.5) is 0 Å². The number of benzene rings is 1. The molecule has 0 spiro atoms. The van der Waals surface area contributed by atoms with E-state index < -0.39 is 0 Å². The highest BCUT2D eigenvalue weighted by molar-refractivity contribution is 7.10. The minimum Gasteiger partial charge on any atom is -0.339 e. The Morgan fingerprint density at radius 3 is 2.28 bits per heavy atom. The molecule has 1 saturated carbocycles. The molecule has 2 aromatic rings. The normalized spacial score (nSPS) is 29.1. The van der Waals surface area contributed by atoms with E-state index in [1.54, 1.807) is 11.3 Å². The van der Waals surface area contributed by atoms with Crippen molar-refractivity contribution in [2.45, 2.75) is 30.8 Å². The fraction of sp³-hybridized carbons (Fsp3) is 0.455. The first-order valence-corrected chi connectivity index (χ1v) is 11.3. The summed E-state index contributed by atoms with van der Waals surface area (Å²) in [6.45, 7) is 2.52. The van der Waals surface area contributed by atoms with E-state index in [2.05, 4.69) is 40.5 Å². The van der Waals surface area contributed by atoms with Crippen molar-refractivity contribution < 1.29 is 9.59 Å². The number of rotatable bonds is 4. The zero-order chi connectivity index (χ0) is 19.8. The molecule has 2 aliphatic heterocycles. The number of carbonyl (C=O) groups is 2. The van der Waals surface area contributed by atoms with Gasteiger partial charge in [0.25, 0.3) is 0 Å². The number of hydrogen-bond donors (Lipinski definition) is 2. The molecule has 0 radical (unpaired) electrons. The fourth-order valence-corrected chi connectivity index (χ4v) is 5.42. The van der Waals surface area contributed by atoms with Crippen molar-refractivity contribution >= 4 is 23.2 Å². The van der Waals surface area contributed by atoms with E-state index in [1.807, 2.05) is 28.0 Å². The van der Waals surface area contributed by atoms with Crippen LogP contribution in [-0.2, 0) is 9.59 Å². The second kappa shape index (κ2) is 7.89. The second-order valence-electron chi connectivity index (χ2n) is 8.15. The topological polar surface area (TPSA) is 64.7 Å². The van der Waals surface area contributed by atoms with Crippen LogP contribution < -0.4 is 10.9 Å². The van der Waals surface area contributed by atoms with E-state index in [9.17, 15) is 9.59 Å². The van der Waals surface area contributed by atoms with Gasteiger partial charge in [-0.15, -0.1) is 11.3 Å². The highest BCUT2D eigenvalue weighted by atomic mass is 32.1. The van der Waals surface area contributed by atoms with Gasteiger partial charge in [-0.1, -0.05) is 36.4 Å². The molecule has 4 unspecified atom stereocenters. The van der Waals surface area contributed by atoms with Gasteiger partial charge in [-0.25, -0.2) is 10.9 Å². The molecule has 3 heterocycles. The van der Waals surface area contributed by atoms with Crippen LogP contribution >= 0.6 is 11.3 Å². The van der Waals surface area contributed by atoms with Gasteiger partial charge in [-0.05, 0) is 29.9 Å². The van der Waals surface area contributed by atoms with Crippen molar-refractivity contribution in [1.82, 2.24) is 20.7 Å². The summed E-state index contributed by atoms with van der Waals surface area (Å²) in [6.07, 6.45) is 1.71. The SMILES string of the molecule is O=C(C1CC(c2ccccc2)NN1)N1CCN(C(=O)C2CC2c2cccs2)CC1. The van der Waals surface area contributed by atoms with Crippen LogP contribution in [0.2, 0.25) is 0 Å². The quantitative estimate of drug-likeness (QED) is 0.811. The maximum atomic E-state index is 12.9. The molecular formula is C22H26N4O2S. The summed E-state index contributed by atoms with van der Waals surface area (Å²) in [5.41, 5.74) is 7.61. The van der Waals surface area contributed by atoms with Gasteiger partial charge in [-0.2, -0.15) is 0 Å². The predicted octanol–water partition coefficient (Wildman–Crippen LogP) is 2.13. The molecule has 29 heavy (non-hydrogen) atoms. The molecule has 7 heteroatoms. The maximum Gasteiger partial charge on any atom is 0.241 e. The Kier molecular flexibility index (Phi) is 5.11. The molecule has 1 aromatic heterocycles. The summed E-state index contributed by atoms with van der Waals surface area (Å²) in [6, 6.07) is 14.3. The summed E-state index contributed by atoms with van der Waals surface area (Å²) in [7, 11) is 0. The van der Waals surface area contributed by atoms with E-state index in [4.69, 9.17) is 0 Å². The zero-order valence-corrected chi connectivity index (χ0v) is 17.1. The van der Waals surface area contributed by atoms with Crippen molar-refractivity contribution in [2.24, 2.45) is 5.92 Å². The average Bonchev–Trinajstić information content (AvgIpc) is 3.17. The first-order valence-electron chi connectivity index (χ1n) is 10.4. The summed E-state index contributed by atoms with van der Waals surface area (Å²) in [4.78, 5) is 30.9. The Labute approximate surface area is 174 Å². The molecule has 6 nitrogen and oxygen atoms in total. The van der Waals surface area contributed by atoms with Gasteiger partial charge < -0.3 is 9.80 Å². The lowest BCUT2D eigenvalue weighted by molar-refractivity contribution is -0.141. The van der Waals surface area contributed by atoms with Crippen LogP contribution in [0.25, 0.3) is 0 Å². The largest absolute Gasteiger partial charge is 0.339 e. The number of nitrogens with zero attached hydrogens (tertiary/aromatic N) is 2. The molecular weight excluding hydrogens is 384 g/mol. The van der Waals surface area contributed by atoms with Crippen LogP contribution in [0.15, 0.2) is 47.8 Å². The van der Waals surface area contributed by atoms with Gasteiger partial charge in [0, 0.05) is 48.9 Å². The molecule has 2 saturated heterocycles. The third-order valence-electron chi connectivity index (χ3n) is 6.32. The van der Waals surface area contributed by atoms with E-state index >= 15 is 0 Å². The molecule has 4 atom stereocenters. The van der Waals surface area contributed by atoms with E-state index in [1.165, 1.54) is 10.4 Å². The lowest BCUT2D eigenvalue weighted by Gasteiger charge is -2.36. The van der Waals surface area contributed by atoms with Crippen molar-refractivity contribution in [1.29, 1.82) is 0 Å². The lowest BCUT2D eigenvalue weighted by atomic mass is 10.0. The van der Waals surface area contributed by atoms with E-state index in [-0.39, 0.29) is 29.8 Å². The minimum atomic E-state index is -0.214. The third kappa shape index (κ3) is 3.82. The zero-order valence-electron chi connectivity index (χ0n) is 16.3. The number of carbonyl (C=O) groups excluding carboxylic acids is 2. The average molecular weight is 411 g/mol. The number of hydrazine groups is 1. The maximum absolute atomic E-state index is 12.9. The number of nitrogens with one attached hydrogen (secondary N) is 2. The lowest BCUT2D eigenvalue weighted by Crippen LogP contribution is -2.55. The third-order valence-corrected chi connectivity index (χ3v) is 7.33. The van der Waals surface area contributed by atoms with Crippen LogP contribution in [0.1, 0.15) is 35.2 Å². The van der Waals surface area contributed by atoms with Crippen molar-refractivity contribution in [3.8, 4) is 0 Å². The number of hydrogen-bond acceptors (Lipinski definition) is 5. The molecule has 2 amide bonds. The highest BCUT2D eigenvalue weighted by Gasteiger charge is 2.47. The fourth-order valence-electron chi connectivity index (χ4n) is 4.51. The summed E-state index contributed by atoms with van der Waals surface area (Å²) in [5.74, 6) is 0.945. The predicted molar refractivity (Wildman–Crippen MR) is 112 cm³/mol. The van der Waals surface area contributed by atoms with Gasteiger partial charge >= 0.3 is 0 Å². The summed E-state index contributed by atoms with van der Waals surface area (Å²) >= 11 is 1.74. The Bertz CT molecular complexity index is 864. The van der Waals surface area contributed by atoms with Crippen LogP contribution in [-0.4, -0.2) is 53.8 Å². The molecule has 0 bridgehead atoms.